The number of hydrazine groups is 1. The van der Waals surface area contributed by atoms with Gasteiger partial charge in [0.25, 0.3) is 5.91 Å². The zero-order valence-electron chi connectivity index (χ0n) is 11.7. The Balaban J connectivity index is 2.22. The molecule has 0 aliphatic carbocycles. The van der Waals surface area contributed by atoms with Crippen LogP contribution in [0.1, 0.15) is 23.0 Å². The van der Waals surface area contributed by atoms with Gasteiger partial charge in [0.15, 0.2) is 0 Å². The van der Waals surface area contributed by atoms with Crippen molar-refractivity contribution in [2.24, 2.45) is 5.84 Å². The number of nitrogen functional groups attached to an aromatic ring is 1. The molecule has 0 atom stereocenters. The van der Waals surface area contributed by atoms with E-state index in [2.05, 4.69) is 10.4 Å². The van der Waals surface area contributed by atoms with E-state index in [0.717, 1.165) is 5.69 Å². The highest BCUT2D eigenvalue weighted by Crippen LogP contribution is 2.14. The van der Waals surface area contributed by atoms with E-state index in [-0.39, 0.29) is 18.4 Å². The number of anilines is 1. The topological polar surface area (TPSA) is 91.6 Å². The molecule has 2 rings (SSSR count). The lowest BCUT2D eigenvalue weighted by Gasteiger charge is -2.32. The van der Waals surface area contributed by atoms with Gasteiger partial charge in [-0.05, 0) is 18.6 Å². The minimum absolute atomic E-state index is 0.0495. The molecule has 108 valence electrons. The fourth-order valence-corrected chi connectivity index (χ4v) is 2.08. The molecule has 1 fully saturated rings. The fourth-order valence-electron chi connectivity index (χ4n) is 2.08. The molecule has 0 spiro atoms. The molecular weight excluding hydrogens is 258 g/mol. The number of hydrogen-bond donors (Lipinski definition) is 2. The van der Waals surface area contributed by atoms with E-state index in [4.69, 9.17) is 5.84 Å². The molecule has 1 aromatic heterocycles. The van der Waals surface area contributed by atoms with Crippen molar-refractivity contribution in [2.75, 3.05) is 32.1 Å². The molecule has 1 saturated heterocycles. The summed E-state index contributed by atoms with van der Waals surface area (Å²) in [6, 6.07) is 3.34. The highest BCUT2D eigenvalue weighted by Gasteiger charge is 2.26. The highest BCUT2D eigenvalue weighted by atomic mass is 16.2. The Morgan fingerprint density at radius 2 is 2.20 bits per heavy atom. The number of piperazine rings is 1. The summed E-state index contributed by atoms with van der Waals surface area (Å²) in [5.74, 6) is 5.60. The minimum atomic E-state index is -0.167. The average Bonchev–Trinajstić information content (AvgIpc) is 2.48. The molecule has 0 unspecified atom stereocenters. The van der Waals surface area contributed by atoms with E-state index < -0.39 is 0 Å². The van der Waals surface area contributed by atoms with E-state index >= 15 is 0 Å². The summed E-state index contributed by atoms with van der Waals surface area (Å²) in [5.41, 5.74) is 3.74. The van der Waals surface area contributed by atoms with Gasteiger partial charge in [-0.15, -0.1) is 0 Å². The fraction of sp³-hybridized carbons (Fsp3) is 0.462. The van der Waals surface area contributed by atoms with Crippen LogP contribution < -0.4 is 11.3 Å². The maximum absolute atomic E-state index is 12.4. The third kappa shape index (κ3) is 2.88. The second-order valence-corrected chi connectivity index (χ2v) is 4.77. The number of rotatable bonds is 3. The van der Waals surface area contributed by atoms with Crippen LogP contribution in [0.5, 0.6) is 0 Å². The molecule has 1 aliphatic heterocycles. The standard InChI is InChI=1S/C13H19N5O2/c1-3-10-6-9(7-11(15-10)16-14)13(20)18-5-4-17(2)12(19)8-18/h6-7H,3-5,8,14H2,1-2H3,(H,15,16). The molecule has 0 saturated carbocycles. The summed E-state index contributed by atoms with van der Waals surface area (Å²) in [7, 11) is 1.74. The van der Waals surface area contributed by atoms with Crippen LogP contribution in [-0.4, -0.2) is 53.3 Å². The Hall–Kier alpha value is -2.15. The molecule has 7 nitrogen and oxygen atoms in total. The van der Waals surface area contributed by atoms with Gasteiger partial charge < -0.3 is 15.2 Å². The molecule has 0 radical (unpaired) electrons. The van der Waals surface area contributed by atoms with E-state index in [1.54, 1.807) is 29.0 Å². The lowest BCUT2D eigenvalue weighted by molar-refractivity contribution is -0.133. The van der Waals surface area contributed by atoms with Gasteiger partial charge in [-0.1, -0.05) is 6.92 Å². The lowest BCUT2D eigenvalue weighted by atomic mass is 10.1. The van der Waals surface area contributed by atoms with Crippen molar-refractivity contribution in [3.05, 3.63) is 23.4 Å². The minimum Gasteiger partial charge on any atom is -0.342 e. The summed E-state index contributed by atoms with van der Waals surface area (Å²) >= 11 is 0. The second kappa shape index (κ2) is 5.87. The first-order valence-electron chi connectivity index (χ1n) is 6.56. The quantitative estimate of drug-likeness (QED) is 0.592. The third-order valence-electron chi connectivity index (χ3n) is 3.38. The lowest BCUT2D eigenvalue weighted by Crippen LogP contribution is -2.50. The molecule has 1 aromatic rings. The molecule has 20 heavy (non-hydrogen) atoms. The van der Waals surface area contributed by atoms with E-state index in [1.807, 2.05) is 6.92 Å². The van der Waals surface area contributed by atoms with Gasteiger partial charge in [-0.3, -0.25) is 9.59 Å². The smallest absolute Gasteiger partial charge is 0.254 e. The van der Waals surface area contributed by atoms with Crippen LogP contribution in [0.2, 0.25) is 0 Å². The van der Waals surface area contributed by atoms with Gasteiger partial charge in [0.1, 0.15) is 12.4 Å². The molecule has 2 amide bonds. The number of nitrogens with two attached hydrogens (primary N) is 1. The number of aryl methyl sites for hydroxylation is 1. The summed E-state index contributed by atoms with van der Waals surface area (Å²) in [6.07, 6.45) is 0.706. The number of carbonyl (C=O) groups excluding carboxylic acids is 2. The van der Waals surface area contributed by atoms with Crippen molar-refractivity contribution in [1.29, 1.82) is 0 Å². The average molecular weight is 277 g/mol. The first-order chi connectivity index (χ1) is 9.55. The molecule has 1 aliphatic rings. The molecule has 2 heterocycles. The van der Waals surface area contributed by atoms with Crippen molar-refractivity contribution in [1.82, 2.24) is 14.8 Å². The summed E-state index contributed by atoms with van der Waals surface area (Å²) < 4.78 is 0. The maximum Gasteiger partial charge on any atom is 0.254 e. The van der Waals surface area contributed by atoms with Crippen molar-refractivity contribution in [3.63, 3.8) is 0 Å². The number of amides is 2. The predicted molar refractivity (Wildman–Crippen MR) is 75.0 cm³/mol. The van der Waals surface area contributed by atoms with E-state index in [0.29, 0.717) is 30.9 Å². The molecule has 3 N–H and O–H groups in total. The number of aromatic nitrogens is 1. The monoisotopic (exact) mass is 277 g/mol. The Labute approximate surface area is 117 Å². The number of nitrogens with zero attached hydrogens (tertiary/aromatic N) is 3. The summed E-state index contributed by atoms with van der Waals surface area (Å²) in [4.78, 5) is 31.5. The Morgan fingerprint density at radius 1 is 1.45 bits per heavy atom. The summed E-state index contributed by atoms with van der Waals surface area (Å²) in [5, 5.41) is 0. The number of likely N-dealkylation sites (N-methyl/N-ethyl adjacent to an activating group) is 1. The number of carbonyl (C=O) groups is 2. The van der Waals surface area contributed by atoms with E-state index in [9.17, 15) is 9.59 Å². The van der Waals surface area contributed by atoms with Gasteiger partial charge in [-0.25, -0.2) is 10.8 Å². The Bertz CT molecular complexity index is 509. The third-order valence-corrected chi connectivity index (χ3v) is 3.38. The van der Waals surface area contributed by atoms with Gasteiger partial charge >= 0.3 is 0 Å². The Kier molecular flexibility index (Phi) is 4.19. The predicted octanol–water partition coefficient (Wildman–Crippen LogP) is -0.156. The van der Waals surface area contributed by atoms with Crippen LogP contribution in [0, 0.1) is 0 Å². The van der Waals surface area contributed by atoms with Crippen LogP contribution in [-0.2, 0) is 11.2 Å². The molecule has 7 heteroatoms. The van der Waals surface area contributed by atoms with E-state index in [1.165, 1.54) is 0 Å². The summed E-state index contributed by atoms with van der Waals surface area (Å²) in [6.45, 7) is 3.16. The second-order valence-electron chi connectivity index (χ2n) is 4.77. The number of nitrogens with one attached hydrogen (secondary N) is 1. The van der Waals surface area contributed by atoms with Crippen molar-refractivity contribution in [2.45, 2.75) is 13.3 Å². The molecule has 0 bridgehead atoms. The zero-order valence-corrected chi connectivity index (χ0v) is 11.7. The van der Waals surface area contributed by atoms with Gasteiger partial charge in [0, 0.05) is 31.4 Å². The zero-order chi connectivity index (χ0) is 14.7. The number of pyridine rings is 1. The SMILES string of the molecule is CCc1cc(C(=O)N2CCN(C)C(=O)C2)cc(NN)n1. The number of hydrogen-bond acceptors (Lipinski definition) is 5. The van der Waals surface area contributed by atoms with Crippen LogP contribution in [0.25, 0.3) is 0 Å². The van der Waals surface area contributed by atoms with Gasteiger partial charge in [-0.2, -0.15) is 0 Å². The van der Waals surface area contributed by atoms with Crippen molar-refractivity contribution < 1.29 is 9.59 Å². The maximum atomic E-state index is 12.4. The van der Waals surface area contributed by atoms with Gasteiger partial charge in [0.05, 0.1) is 0 Å². The first-order valence-corrected chi connectivity index (χ1v) is 6.56. The van der Waals surface area contributed by atoms with Crippen LogP contribution in [0.3, 0.4) is 0 Å². The Morgan fingerprint density at radius 3 is 2.80 bits per heavy atom. The van der Waals surface area contributed by atoms with Crippen LogP contribution in [0.15, 0.2) is 12.1 Å². The van der Waals surface area contributed by atoms with Crippen LogP contribution in [0.4, 0.5) is 5.82 Å². The van der Waals surface area contributed by atoms with Crippen molar-refractivity contribution >= 4 is 17.6 Å². The largest absolute Gasteiger partial charge is 0.342 e. The van der Waals surface area contributed by atoms with Crippen molar-refractivity contribution in [3.8, 4) is 0 Å². The highest BCUT2D eigenvalue weighted by molar-refractivity contribution is 5.97. The molecule has 0 aromatic carbocycles. The van der Waals surface area contributed by atoms with Crippen LogP contribution >= 0.6 is 0 Å². The van der Waals surface area contributed by atoms with Gasteiger partial charge in [0.2, 0.25) is 5.91 Å². The first kappa shape index (κ1) is 14.3. The normalized spacial score (nSPS) is 15.4. The molecular formula is C13H19N5O2.